The zero-order valence-electron chi connectivity index (χ0n) is 11.4. The number of nitrogens with one attached hydrogen (secondary N) is 1. The van der Waals surface area contributed by atoms with Crippen molar-refractivity contribution in [3.05, 3.63) is 12.0 Å². The fraction of sp³-hybridized carbons (Fsp3) is 0.727. The molecular weight excluding hydrogens is 334 g/mol. The van der Waals surface area contributed by atoms with Crippen LogP contribution in [-0.4, -0.2) is 43.1 Å². The van der Waals surface area contributed by atoms with Gasteiger partial charge in [0.15, 0.2) is 5.03 Å². The molecule has 0 amide bonds. The number of nitrogens with zero attached hydrogens (tertiary/aromatic N) is 2. The van der Waals surface area contributed by atoms with Crippen LogP contribution < -0.4 is 4.72 Å². The number of alkyl halides is 1. The van der Waals surface area contributed by atoms with Gasteiger partial charge in [0.05, 0.1) is 11.4 Å². The van der Waals surface area contributed by atoms with Gasteiger partial charge in [-0.15, -0.1) is 0 Å². The standard InChI is InChI=1S/C11H20BrN3O3S/c1-4-5-15-7-11(14-9(15)2)19(16,17)13-6-10(12)8-18-3/h7,10,13H,4-6,8H2,1-3H3. The van der Waals surface area contributed by atoms with E-state index in [2.05, 4.69) is 25.6 Å². The number of aryl methyl sites for hydroxylation is 2. The Kier molecular flexibility index (Phi) is 6.45. The number of aromatic nitrogens is 2. The van der Waals surface area contributed by atoms with Gasteiger partial charge in [0.25, 0.3) is 10.0 Å². The van der Waals surface area contributed by atoms with E-state index in [-0.39, 0.29) is 16.4 Å². The van der Waals surface area contributed by atoms with Crippen LogP contribution in [0.15, 0.2) is 11.2 Å². The minimum Gasteiger partial charge on any atom is -0.383 e. The van der Waals surface area contributed by atoms with Gasteiger partial charge in [-0.3, -0.25) is 0 Å². The molecule has 1 heterocycles. The SMILES string of the molecule is CCCn1cc(S(=O)(=O)NCC(Br)COC)nc1C. The van der Waals surface area contributed by atoms with Gasteiger partial charge in [0.2, 0.25) is 0 Å². The predicted octanol–water partition coefficient (Wildman–Crippen LogP) is 1.29. The minimum absolute atomic E-state index is 0.0638. The normalized spacial score (nSPS) is 13.7. The van der Waals surface area contributed by atoms with Gasteiger partial charge in [-0.05, 0) is 13.3 Å². The van der Waals surface area contributed by atoms with Crippen LogP contribution in [0.3, 0.4) is 0 Å². The molecule has 1 unspecified atom stereocenters. The zero-order valence-corrected chi connectivity index (χ0v) is 13.8. The lowest BCUT2D eigenvalue weighted by molar-refractivity contribution is 0.201. The summed E-state index contributed by atoms with van der Waals surface area (Å²) in [5.74, 6) is 0.703. The van der Waals surface area contributed by atoms with Crippen molar-refractivity contribution in [1.29, 1.82) is 0 Å². The molecule has 1 N–H and O–H groups in total. The van der Waals surface area contributed by atoms with Gasteiger partial charge in [0, 0.05) is 26.4 Å². The van der Waals surface area contributed by atoms with Crippen LogP contribution in [0.4, 0.5) is 0 Å². The Morgan fingerprint density at radius 1 is 1.58 bits per heavy atom. The first-order valence-electron chi connectivity index (χ1n) is 6.07. The van der Waals surface area contributed by atoms with Crippen molar-refractivity contribution in [2.24, 2.45) is 0 Å². The van der Waals surface area contributed by atoms with Crippen molar-refractivity contribution in [2.75, 3.05) is 20.3 Å². The minimum atomic E-state index is -3.56. The van der Waals surface area contributed by atoms with E-state index < -0.39 is 10.0 Å². The molecule has 0 aromatic carbocycles. The van der Waals surface area contributed by atoms with E-state index >= 15 is 0 Å². The van der Waals surface area contributed by atoms with Crippen molar-refractivity contribution in [2.45, 2.75) is 36.7 Å². The van der Waals surface area contributed by atoms with Crippen molar-refractivity contribution in [3.8, 4) is 0 Å². The predicted molar refractivity (Wildman–Crippen MR) is 77.0 cm³/mol. The van der Waals surface area contributed by atoms with Gasteiger partial charge in [-0.1, -0.05) is 22.9 Å². The summed E-state index contributed by atoms with van der Waals surface area (Å²) in [5.41, 5.74) is 0. The molecule has 6 nitrogen and oxygen atoms in total. The molecule has 1 aromatic heterocycles. The highest BCUT2D eigenvalue weighted by Crippen LogP contribution is 2.10. The third-order valence-corrected chi connectivity index (χ3v) is 4.42. The smallest absolute Gasteiger partial charge is 0.259 e. The van der Waals surface area contributed by atoms with Gasteiger partial charge in [-0.25, -0.2) is 18.1 Å². The fourth-order valence-electron chi connectivity index (χ4n) is 1.59. The first-order chi connectivity index (χ1) is 8.90. The highest BCUT2D eigenvalue weighted by Gasteiger charge is 2.20. The molecule has 1 aromatic rings. The molecule has 1 rings (SSSR count). The molecule has 0 radical (unpaired) electrons. The summed E-state index contributed by atoms with van der Waals surface area (Å²) >= 11 is 3.33. The molecule has 19 heavy (non-hydrogen) atoms. The maximum absolute atomic E-state index is 12.1. The summed E-state index contributed by atoms with van der Waals surface area (Å²) in [7, 11) is -1.99. The van der Waals surface area contributed by atoms with Crippen molar-refractivity contribution >= 4 is 26.0 Å². The van der Waals surface area contributed by atoms with E-state index in [1.165, 1.54) is 0 Å². The Balaban J connectivity index is 2.74. The van der Waals surface area contributed by atoms with E-state index in [4.69, 9.17) is 4.74 Å². The highest BCUT2D eigenvalue weighted by atomic mass is 79.9. The average molecular weight is 354 g/mol. The van der Waals surface area contributed by atoms with Crippen molar-refractivity contribution < 1.29 is 13.2 Å². The Morgan fingerprint density at radius 3 is 2.84 bits per heavy atom. The molecule has 0 fully saturated rings. The summed E-state index contributed by atoms with van der Waals surface area (Å²) in [5, 5.41) is 0.0653. The number of sulfonamides is 1. The monoisotopic (exact) mass is 353 g/mol. The molecule has 0 aliphatic heterocycles. The van der Waals surface area contributed by atoms with Gasteiger partial charge in [0.1, 0.15) is 5.82 Å². The van der Waals surface area contributed by atoms with E-state index in [0.29, 0.717) is 12.4 Å². The first kappa shape index (κ1) is 16.6. The van der Waals surface area contributed by atoms with Gasteiger partial charge < -0.3 is 9.30 Å². The lowest BCUT2D eigenvalue weighted by Gasteiger charge is -2.09. The van der Waals surface area contributed by atoms with Crippen molar-refractivity contribution in [1.82, 2.24) is 14.3 Å². The maximum Gasteiger partial charge on any atom is 0.259 e. The van der Waals surface area contributed by atoms with Crippen LogP contribution in [0.25, 0.3) is 0 Å². The molecule has 1 atom stereocenters. The number of rotatable bonds is 8. The Bertz CT molecular complexity index is 501. The maximum atomic E-state index is 12.1. The third-order valence-electron chi connectivity index (χ3n) is 2.54. The second kappa shape index (κ2) is 7.37. The zero-order chi connectivity index (χ0) is 14.5. The third kappa shape index (κ3) is 4.87. The molecule has 0 saturated heterocycles. The largest absolute Gasteiger partial charge is 0.383 e. The second-order valence-electron chi connectivity index (χ2n) is 4.22. The van der Waals surface area contributed by atoms with Crippen LogP contribution in [0.2, 0.25) is 0 Å². The average Bonchev–Trinajstić information content (AvgIpc) is 2.71. The number of ether oxygens (including phenoxy) is 1. The lowest BCUT2D eigenvalue weighted by atomic mass is 10.5. The molecule has 110 valence electrons. The Labute approximate surface area is 122 Å². The molecular formula is C11H20BrN3O3S. The number of hydrogen-bond acceptors (Lipinski definition) is 4. The van der Waals surface area contributed by atoms with E-state index in [1.807, 2.05) is 11.5 Å². The van der Waals surface area contributed by atoms with Gasteiger partial charge >= 0.3 is 0 Å². The molecule has 0 aliphatic rings. The Hall–Kier alpha value is -0.440. The van der Waals surface area contributed by atoms with E-state index in [0.717, 1.165) is 13.0 Å². The van der Waals surface area contributed by atoms with Gasteiger partial charge in [-0.2, -0.15) is 0 Å². The molecule has 0 aliphatic carbocycles. The highest BCUT2D eigenvalue weighted by molar-refractivity contribution is 9.09. The summed E-state index contributed by atoms with van der Waals surface area (Å²) in [4.78, 5) is 4.03. The van der Waals surface area contributed by atoms with Crippen LogP contribution in [0.1, 0.15) is 19.2 Å². The summed E-state index contributed by atoms with van der Waals surface area (Å²) in [6, 6.07) is 0. The van der Waals surface area contributed by atoms with Crippen molar-refractivity contribution in [3.63, 3.8) is 0 Å². The van der Waals surface area contributed by atoms with Crippen LogP contribution >= 0.6 is 15.9 Å². The van der Waals surface area contributed by atoms with Crippen LogP contribution in [0.5, 0.6) is 0 Å². The Morgan fingerprint density at radius 2 is 2.26 bits per heavy atom. The number of halogens is 1. The summed E-state index contributed by atoms with van der Waals surface area (Å²) in [6.07, 6.45) is 2.50. The lowest BCUT2D eigenvalue weighted by Crippen LogP contribution is -2.31. The molecule has 0 bridgehead atoms. The van der Waals surface area contributed by atoms with E-state index in [9.17, 15) is 8.42 Å². The fourth-order valence-corrected chi connectivity index (χ4v) is 3.32. The topological polar surface area (TPSA) is 73.2 Å². The second-order valence-corrected chi connectivity index (χ2v) is 7.23. The first-order valence-corrected chi connectivity index (χ1v) is 8.47. The van der Waals surface area contributed by atoms with Crippen LogP contribution in [-0.2, 0) is 21.3 Å². The number of imidazole rings is 1. The number of hydrogen-bond donors (Lipinski definition) is 1. The quantitative estimate of drug-likeness (QED) is 0.714. The number of methoxy groups -OCH3 is 1. The summed E-state index contributed by atoms with van der Waals surface area (Å²) in [6.45, 7) is 5.29. The van der Waals surface area contributed by atoms with E-state index in [1.54, 1.807) is 20.2 Å². The molecule has 0 spiro atoms. The molecule has 8 heteroatoms. The molecule has 0 saturated carbocycles. The van der Waals surface area contributed by atoms with Crippen LogP contribution in [0, 0.1) is 6.92 Å². The summed E-state index contributed by atoms with van der Waals surface area (Å²) < 4.78 is 33.4.